The van der Waals surface area contributed by atoms with Crippen LogP contribution in [0.15, 0.2) is 18.3 Å². The fraction of sp³-hybridized carbons (Fsp3) is 0.462. The number of hydrogen-bond donors (Lipinski definition) is 3. The molecular weight excluding hydrogens is 246 g/mol. The molecule has 1 aromatic heterocycles. The van der Waals surface area contributed by atoms with Crippen LogP contribution in [0.5, 0.6) is 0 Å². The molecule has 2 amide bonds. The van der Waals surface area contributed by atoms with Crippen LogP contribution in [0, 0.1) is 0 Å². The third-order valence-corrected chi connectivity index (χ3v) is 3.22. The van der Waals surface area contributed by atoms with Crippen LogP contribution in [0.25, 0.3) is 0 Å². The van der Waals surface area contributed by atoms with E-state index < -0.39 is 5.97 Å². The molecule has 0 aliphatic heterocycles. The summed E-state index contributed by atoms with van der Waals surface area (Å²) in [5, 5.41) is 14.2. The van der Waals surface area contributed by atoms with E-state index in [0.717, 1.165) is 12.8 Å². The number of anilines is 1. The van der Waals surface area contributed by atoms with Crippen LogP contribution in [0.1, 0.15) is 44.1 Å². The number of aromatic carboxylic acids is 1. The molecule has 0 bridgehead atoms. The highest BCUT2D eigenvalue weighted by molar-refractivity contribution is 5.90. The Balaban J connectivity index is 2.64. The molecule has 1 rings (SSSR count). The van der Waals surface area contributed by atoms with Crippen LogP contribution in [0.2, 0.25) is 0 Å². The Hall–Kier alpha value is -2.11. The minimum absolute atomic E-state index is 0.0575. The van der Waals surface area contributed by atoms with E-state index in [-0.39, 0.29) is 17.3 Å². The maximum absolute atomic E-state index is 11.8. The van der Waals surface area contributed by atoms with Crippen molar-refractivity contribution in [2.45, 2.75) is 39.2 Å². The number of carboxylic acid groups (broad SMARTS) is 1. The summed E-state index contributed by atoms with van der Waals surface area (Å²) in [5.41, 5.74) is 0.147. The Morgan fingerprint density at radius 2 is 1.95 bits per heavy atom. The SMILES string of the molecule is CCC(C)(CC)NC(=O)Nc1ccc(C(=O)O)nc1. The van der Waals surface area contributed by atoms with Gasteiger partial charge < -0.3 is 15.7 Å². The number of hydrogen-bond acceptors (Lipinski definition) is 3. The van der Waals surface area contributed by atoms with E-state index in [2.05, 4.69) is 15.6 Å². The summed E-state index contributed by atoms with van der Waals surface area (Å²) in [6, 6.07) is 2.53. The molecule has 0 radical (unpaired) electrons. The van der Waals surface area contributed by atoms with Gasteiger partial charge in [-0.3, -0.25) is 0 Å². The second kappa shape index (κ2) is 6.17. The minimum Gasteiger partial charge on any atom is -0.477 e. The molecule has 0 atom stereocenters. The number of nitrogens with one attached hydrogen (secondary N) is 2. The molecule has 0 saturated carbocycles. The van der Waals surface area contributed by atoms with Crippen molar-refractivity contribution < 1.29 is 14.7 Å². The summed E-state index contributed by atoms with van der Waals surface area (Å²) in [7, 11) is 0. The van der Waals surface area contributed by atoms with Crippen LogP contribution >= 0.6 is 0 Å². The molecule has 0 saturated heterocycles. The van der Waals surface area contributed by atoms with Gasteiger partial charge in [-0.2, -0.15) is 0 Å². The fourth-order valence-electron chi connectivity index (χ4n) is 1.46. The number of pyridine rings is 1. The van der Waals surface area contributed by atoms with E-state index in [1.165, 1.54) is 18.3 Å². The van der Waals surface area contributed by atoms with Gasteiger partial charge in [-0.05, 0) is 31.9 Å². The van der Waals surface area contributed by atoms with Gasteiger partial charge in [0.25, 0.3) is 0 Å². The maximum Gasteiger partial charge on any atom is 0.354 e. The van der Waals surface area contributed by atoms with Crippen molar-refractivity contribution in [3.63, 3.8) is 0 Å². The number of carbonyl (C=O) groups is 2. The van der Waals surface area contributed by atoms with Gasteiger partial charge in [-0.15, -0.1) is 0 Å². The van der Waals surface area contributed by atoms with Gasteiger partial charge in [-0.25, -0.2) is 14.6 Å². The first-order valence-electron chi connectivity index (χ1n) is 6.18. The maximum atomic E-state index is 11.8. The lowest BCUT2D eigenvalue weighted by Gasteiger charge is -2.28. The summed E-state index contributed by atoms with van der Waals surface area (Å²) in [6.07, 6.45) is 2.97. The van der Waals surface area contributed by atoms with E-state index in [9.17, 15) is 9.59 Å². The van der Waals surface area contributed by atoms with Crippen molar-refractivity contribution >= 4 is 17.7 Å². The zero-order valence-corrected chi connectivity index (χ0v) is 11.4. The van der Waals surface area contributed by atoms with Gasteiger partial charge >= 0.3 is 12.0 Å². The number of carboxylic acids is 1. The van der Waals surface area contributed by atoms with Crippen molar-refractivity contribution in [1.29, 1.82) is 0 Å². The predicted octanol–water partition coefficient (Wildman–Crippen LogP) is 2.48. The molecule has 6 heteroatoms. The van der Waals surface area contributed by atoms with Crippen LogP contribution < -0.4 is 10.6 Å². The first-order chi connectivity index (χ1) is 8.90. The number of rotatable bonds is 5. The molecule has 1 aromatic rings. The van der Waals surface area contributed by atoms with E-state index in [0.29, 0.717) is 5.69 Å². The average molecular weight is 265 g/mol. The molecule has 0 fully saturated rings. The van der Waals surface area contributed by atoms with Crippen LogP contribution in [-0.2, 0) is 0 Å². The van der Waals surface area contributed by atoms with Gasteiger partial charge in [0.2, 0.25) is 0 Å². The highest BCUT2D eigenvalue weighted by atomic mass is 16.4. The summed E-state index contributed by atoms with van der Waals surface area (Å²) in [6.45, 7) is 5.98. The largest absolute Gasteiger partial charge is 0.477 e. The second-order valence-electron chi connectivity index (χ2n) is 4.58. The molecule has 0 spiro atoms. The first kappa shape index (κ1) is 14.9. The number of amides is 2. The number of nitrogens with zero attached hydrogens (tertiary/aromatic N) is 1. The summed E-state index contributed by atoms with van der Waals surface area (Å²) in [4.78, 5) is 26.2. The molecule has 6 nitrogen and oxygen atoms in total. The lowest BCUT2D eigenvalue weighted by molar-refractivity contribution is 0.0690. The molecule has 104 valence electrons. The van der Waals surface area contributed by atoms with Crippen molar-refractivity contribution in [1.82, 2.24) is 10.3 Å². The number of aromatic nitrogens is 1. The van der Waals surface area contributed by atoms with Crippen molar-refractivity contribution in [3.8, 4) is 0 Å². The van der Waals surface area contributed by atoms with Gasteiger partial charge in [0.1, 0.15) is 5.69 Å². The zero-order chi connectivity index (χ0) is 14.5. The molecule has 0 aromatic carbocycles. The molecule has 1 heterocycles. The Labute approximate surface area is 112 Å². The van der Waals surface area contributed by atoms with Crippen molar-refractivity contribution in [3.05, 3.63) is 24.0 Å². The standard InChI is InChI=1S/C13H19N3O3/c1-4-13(3,5-2)16-12(19)15-9-6-7-10(11(17)18)14-8-9/h6-8H,4-5H2,1-3H3,(H,17,18)(H2,15,16,19). The molecule has 0 unspecified atom stereocenters. The third kappa shape index (κ3) is 4.24. The monoisotopic (exact) mass is 265 g/mol. The van der Waals surface area contributed by atoms with Crippen LogP contribution in [0.4, 0.5) is 10.5 Å². The fourth-order valence-corrected chi connectivity index (χ4v) is 1.46. The quantitative estimate of drug-likeness (QED) is 0.762. The summed E-state index contributed by atoms with van der Waals surface area (Å²) < 4.78 is 0. The van der Waals surface area contributed by atoms with E-state index in [1.807, 2.05) is 20.8 Å². The number of carbonyl (C=O) groups excluding carboxylic acids is 1. The van der Waals surface area contributed by atoms with Gasteiger partial charge in [0.15, 0.2) is 0 Å². The first-order valence-corrected chi connectivity index (χ1v) is 6.18. The lowest BCUT2D eigenvalue weighted by atomic mass is 9.96. The third-order valence-electron chi connectivity index (χ3n) is 3.22. The highest BCUT2D eigenvalue weighted by Crippen LogP contribution is 2.14. The summed E-state index contributed by atoms with van der Waals surface area (Å²) >= 11 is 0. The van der Waals surface area contributed by atoms with Crippen molar-refractivity contribution in [2.24, 2.45) is 0 Å². The second-order valence-corrected chi connectivity index (χ2v) is 4.58. The zero-order valence-electron chi connectivity index (χ0n) is 11.4. The van der Waals surface area contributed by atoms with Gasteiger partial charge in [-0.1, -0.05) is 13.8 Å². The molecular formula is C13H19N3O3. The molecule has 0 aliphatic rings. The molecule has 19 heavy (non-hydrogen) atoms. The number of urea groups is 1. The summed E-state index contributed by atoms with van der Waals surface area (Å²) in [5.74, 6) is -1.10. The minimum atomic E-state index is -1.10. The van der Waals surface area contributed by atoms with Crippen LogP contribution in [0.3, 0.4) is 0 Å². The Kier molecular flexibility index (Phi) is 4.86. The lowest BCUT2D eigenvalue weighted by Crippen LogP contribution is -2.46. The topological polar surface area (TPSA) is 91.3 Å². The molecule has 3 N–H and O–H groups in total. The molecule has 0 aliphatic carbocycles. The van der Waals surface area contributed by atoms with E-state index in [1.54, 1.807) is 0 Å². The smallest absolute Gasteiger partial charge is 0.354 e. The van der Waals surface area contributed by atoms with Crippen molar-refractivity contribution in [2.75, 3.05) is 5.32 Å². The van der Waals surface area contributed by atoms with Gasteiger partial charge in [0.05, 0.1) is 11.9 Å². The Morgan fingerprint density at radius 3 is 2.37 bits per heavy atom. The highest BCUT2D eigenvalue weighted by Gasteiger charge is 2.21. The average Bonchev–Trinajstić information content (AvgIpc) is 2.39. The predicted molar refractivity (Wildman–Crippen MR) is 72.3 cm³/mol. The van der Waals surface area contributed by atoms with E-state index in [4.69, 9.17) is 5.11 Å². The Morgan fingerprint density at radius 1 is 1.32 bits per heavy atom. The van der Waals surface area contributed by atoms with Crippen LogP contribution in [-0.4, -0.2) is 27.6 Å². The van der Waals surface area contributed by atoms with Gasteiger partial charge in [0, 0.05) is 5.54 Å². The Bertz CT molecular complexity index is 453. The normalized spacial score (nSPS) is 10.9. The van der Waals surface area contributed by atoms with E-state index >= 15 is 0 Å².